The van der Waals surface area contributed by atoms with Crippen molar-refractivity contribution in [2.75, 3.05) is 18.8 Å². The molecular weight excluding hydrogens is 220 g/mol. The zero-order valence-electron chi connectivity index (χ0n) is 8.27. The molecule has 0 aliphatic carbocycles. The van der Waals surface area contributed by atoms with E-state index in [4.69, 9.17) is 5.41 Å². The molecule has 4 heteroatoms. The molecule has 1 aliphatic rings. The van der Waals surface area contributed by atoms with E-state index in [2.05, 4.69) is 0 Å². The van der Waals surface area contributed by atoms with E-state index >= 15 is 0 Å². The molecule has 1 heterocycles. The van der Waals surface area contributed by atoms with Crippen LogP contribution in [0.1, 0.15) is 10.4 Å². The van der Waals surface area contributed by atoms with Gasteiger partial charge in [-0.2, -0.15) is 0 Å². The van der Waals surface area contributed by atoms with Crippen LogP contribution in [0, 0.1) is 5.41 Å². The lowest BCUT2D eigenvalue weighted by Crippen LogP contribution is -2.30. The van der Waals surface area contributed by atoms with Crippen LogP contribution in [0.2, 0.25) is 0 Å². The molecule has 0 radical (unpaired) electrons. The number of hydrogen-bond acceptors (Lipinski definition) is 3. The second-order valence-corrected chi connectivity index (χ2v) is 4.45. The summed E-state index contributed by atoms with van der Waals surface area (Å²) in [5.74, 6) is 1.00. The monoisotopic (exact) mass is 232 g/mol. The fraction of sp³-hybridized carbons (Fsp3) is 0.273. The van der Waals surface area contributed by atoms with Gasteiger partial charge >= 0.3 is 0 Å². The van der Waals surface area contributed by atoms with Crippen LogP contribution in [0.4, 0.5) is 0 Å². The first-order valence-corrected chi connectivity index (χ1v) is 5.80. The van der Waals surface area contributed by atoms with Gasteiger partial charge in [-0.1, -0.05) is 42.1 Å². The molecule has 1 aromatic rings. The van der Waals surface area contributed by atoms with Crippen LogP contribution in [0.3, 0.4) is 0 Å². The smallest absolute Gasteiger partial charge is 0.182 e. The van der Waals surface area contributed by atoms with Crippen LogP contribution in [-0.2, 0) is 0 Å². The highest BCUT2D eigenvalue weighted by molar-refractivity contribution is 8.14. The van der Waals surface area contributed by atoms with E-state index in [0.29, 0.717) is 11.7 Å². The van der Waals surface area contributed by atoms with Crippen molar-refractivity contribution in [1.82, 2.24) is 4.90 Å². The number of amidine groups is 1. The van der Waals surface area contributed by atoms with Crippen molar-refractivity contribution in [3.05, 3.63) is 35.9 Å². The Bertz CT molecular complexity index is 377. The molecule has 0 spiro atoms. The van der Waals surface area contributed by atoms with Gasteiger partial charge in [-0.15, -0.1) is 0 Å². The summed E-state index contributed by atoms with van der Waals surface area (Å²) in [5.41, 5.74) is 0.724. The maximum Gasteiger partial charge on any atom is 0.182 e. The van der Waals surface area contributed by atoms with Crippen molar-refractivity contribution < 1.29 is 4.79 Å². The third kappa shape index (κ3) is 2.39. The minimum Gasteiger partial charge on any atom is -0.343 e. The molecule has 0 aromatic heterocycles. The lowest BCUT2D eigenvalue weighted by atomic mass is 10.5. The fourth-order valence-electron chi connectivity index (χ4n) is 1.48. The molecule has 1 aliphatic heterocycles. The predicted molar refractivity (Wildman–Crippen MR) is 62.5 cm³/mol. The van der Waals surface area contributed by atoms with Crippen molar-refractivity contribution in [2.24, 2.45) is 0 Å². The summed E-state index contributed by atoms with van der Waals surface area (Å²) in [6.07, 6.45) is 0. The highest BCUT2D eigenvalue weighted by Gasteiger charge is 2.20. The molecule has 3 nitrogen and oxygen atoms in total. The lowest BCUT2D eigenvalue weighted by molar-refractivity contribution is 0.0966. The number of hydrogen-bond donors (Lipinski definition) is 1. The molecule has 0 atom stereocenters. The Morgan fingerprint density at radius 3 is 2.80 bits per heavy atom. The van der Waals surface area contributed by atoms with Crippen molar-refractivity contribution in [3.8, 4) is 0 Å². The first-order chi connectivity index (χ1) is 7.27. The second-order valence-electron chi connectivity index (χ2n) is 3.36. The normalized spacial score (nSPS) is 15.7. The Labute approximate surface area is 93.0 Å². The molecule has 0 unspecified atom stereocenters. The van der Waals surface area contributed by atoms with Crippen LogP contribution >= 0.6 is 11.8 Å². The van der Waals surface area contributed by atoms with E-state index < -0.39 is 0 Å². The Kier molecular flexibility index (Phi) is 3.06. The summed E-state index contributed by atoms with van der Waals surface area (Å²) in [4.78, 5) is 13.6. The summed E-state index contributed by atoms with van der Waals surface area (Å²) in [6, 6.07) is 9.24. The number of rotatable bonds is 3. The van der Waals surface area contributed by atoms with Crippen molar-refractivity contribution in [3.63, 3.8) is 0 Å². The van der Waals surface area contributed by atoms with E-state index in [9.17, 15) is 4.79 Å². The number of thioether (sulfide) groups is 1. The van der Waals surface area contributed by atoms with Crippen molar-refractivity contribution >= 4 is 22.7 Å². The Morgan fingerprint density at radius 1 is 1.47 bits per heavy atom. The number of ketones is 1. The van der Waals surface area contributed by atoms with Crippen LogP contribution in [0.15, 0.2) is 30.3 Å². The second kappa shape index (κ2) is 4.49. The quantitative estimate of drug-likeness (QED) is 0.809. The van der Waals surface area contributed by atoms with Crippen LogP contribution in [-0.4, -0.2) is 34.7 Å². The number of carbonyl (C=O) groups excluding carboxylic acids is 1. The SMILES string of the molecule is N=C1SCCN1CC(=O)[14c]1[14cH][14cH][14cH][14cH][14cH]1. The number of carbonyl (C=O) groups is 1. The van der Waals surface area contributed by atoms with Gasteiger partial charge in [-0.25, -0.2) is 0 Å². The van der Waals surface area contributed by atoms with E-state index in [0.717, 1.165) is 17.9 Å². The summed E-state index contributed by atoms with van der Waals surface area (Å²) in [6.45, 7) is 1.14. The minimum atomic E-state index is 0.0860. The molecule has 1 N–H and O–H groups in total. The van der Waals surface area contributed by atoms with Gasteiger partial charge in [-0.3, -0.25) is 10.2 Å². The van der Waals surface area contributed by atoms with Gasteiger partial charge in [0, 0.05) is 17.9 Å². The average molecular weight is 232 g/mol. The summed E-state index contributed by atoms with van der Waals surface area (Å²) >= 11 is 1.50. The molecule has 0 bridgehead atoms. The Morgan fingerprint density at radius 2 is 2.20 bits per heavy atom. The summed E-state index contributed by atoms with van der Waals surface area (Å²) in [5, 5.41) is 8.11. The zero-order valence-corrected chi connectivity index (χ0v) is 9.09. The van der Waals surface area contributed by atoms with Gasteiger partial charge in [-0.05, 0) is 0 Å². The van der Waals surface area contributed by atoms with Gasteiger partial charge in [0.15, 0.2) is 11.0 Å². The van der Waals surface area contributed by atoms with Crippen molar-refractivity contribution in [1.29, 1.82) is 5.41 Å². The van der Waals surface area contributed by atoms with Crippen LogP contribution in [0.25, 0.3) is 0 Å². The van der Waals surface area contributed by atoms with E-state index in [1.54, 1.807) is 0 Å². The molecule has 78 valence electrons. The number of nitrogens with zero attached hydrogens (tertiary/aromatic N) is 1. The fourth-order valence-corrected chi connectivity index (χ4v) is 2.33. The lowest BCUT2D eigenvalue weighted by Gasteiger charge is -2.15. The van der Waals surface area contributed by atoms with Gasteiger partial charge in [0.1, 0.15) is 0 Å². The van der Waals surface area contributed by atoms with Crippen LogP contribution < -0.4 is 0 Å². The van der Waals surface area contributed by atoms with Crippen LogP contribution in [0.5, 0.6) is 0 Å². The molecule has 15 heavy (non-hydrogen) atoms. The Balaban J connectivity index is 2.01. The van der Waals surface area contributed by atoms with Gasteiger partial charge in [0.05, 0.1) is 6.54 Å². The predicted octanol–water partition coefficient (Wildman–Crippen LogP) is 1.85. The molecule has 1 fully saturated rings. The maximum absolute atomic E-state index is 11.8. The molecule has 1 saturated heterocycles. The van der Waals surface area contributed by atoms with E-state index in [1.807, 2.05) is 35.2 Å². The third-order valence-electron chi connectivity index (χ3n) is 2.32. The van der Waals surface area contributed by atoms with Crippen molar-refractivity contribution in [2.45, 2.75) is 0 Å². The first-order valence-electron chi connectivity index (χ1n) is 4.82. The number of benzene rings is 1. The third-order valence-corrected chi connectivity index (χ3v) is 3.24. The highest BCUT2D eigenvalue weighted by atomic mass is 32.2. The first kappa shape index (κ1) is 10.2. The van der Waals surface area contributed by atoms with Gasteiger partial charge in [0.25, 0.3) is 0 Å². The average Bonchev–Trinajstić information content (AvgIpc) is 2.66. The van der Waals surface area contributed by atoms with Gasteiger partial charge in [0.2, 0.25) is 0 Å². The minimum absolute atomic E-state index is 0.0860. The van der Waals surface area contributed by atoms with E-state index in [1.165, 1.54) is 11.8 Å². The van der Waals surface area contributed by atoms with Gasteiger partial charge < -0.3 is 4.90 Å². The molecule has 0 saturated carbocycles. The largest absolute Gasteiger partial charge is 0.343 e. The highest BCUT2D eigenvalue weighted by Crippen LogP contribution is 2.16. The zero-order chi connectivity index (χ0) is 10.7. The molecule has 1 aromatic carbocycles. The summed E-state index contributed by atoms with van der Waals surface area (Å²) < 4.78 is 0. The molecule has 0 amide bonds. The maximum atomic E-state index is 11.8. The van der Waals surface area contributed by atoms with E-state index in [-0.39, 0.29) is 5.78 Å². The standard InChI is InChI=1S/C11H12N2OS/c12-11-13(6-7-15-11)8-10(14)9-4-2-1-3-5-9/h1-5,12H,6-8H2/i1+2,2+2,3+2,4+2,5+2,9+2. The number of nitrogens with one attached hydrogen (secondary N) is 1. The molecule has 2 rings (SSSR count). The number of Topliss-reactive ketones (excluding diaryl/α,β-unsaturated/α-hetero) is 1. The Hall–Kier alpha value is -1.29. The topological polar surface area (TPSA) is 44.2 Å². The molecular formula is C11H12N2OS. The summed E-state index contributed by atoms with van der Waals surface area (Å²) in [7, 11) is 0.